The first-order valence-electron chi connectivity index (χ1n) is 6.71. The summed E-state index contributed by atoms with van der Waals surface area (Å²) >= 11 is 1.85. The lowest BCUT2D eigenvalue weighted by Gasteiger charge is -2.37. The molecule has 2 amide bonds. The predicted molar refractivity (Wildman–Crippen MR) is 75.6 cm³/mol. The number of thioether (sulfide) groups is 1. The third-order valence-electron chi connectivity index (χ3n) is 3.33. The minimum atomic E-state index is -0.369. The Balaban J connectivity index is 2.47. The first-order chi connectivity index (χ1) is 8.61. The van der Waals surface area contributed by atoms with Crippen LogP contribution >= 0.6 is 11.8 Å². The van der Waals surface area contributed by atoms with Gasteiger partial charge in [-0.25, -0.2) is 0 Å². The number of carbonyl (C=O) groups excluding carboxylic acids is 2. The summed E-state index contributed by atoms with van der Waals surface area (Å²) < 4.78 is 0. The van der Waals surface area contributed by atoms with Gasteiger partial charge in [-0.3, -0.25) is 9.59 Å². The Morgan fingerprint density at radius 2 is 2.00 bits per heavy atom. The van der Waals surface area contributed by atoms with E-state index in [1.807, 2.05) is 18.7 Å². The van der Waals surface area contributed by atoms with Gasteiger partial charge >= 0.3 is 0 Å². The number of nitrogens with one attached hydrogen (secondary N) is 1. The molecule has 0 aliphatic carbocycles. The summed E-state index contributed by atoms with van der Waals surface area (Å²) in [6.07, 6.45) is 6.09. The van der Waals surface area contributed by atoms with Gasteiger partial charge in [0, 0.05) is 6.54 Å². The molecule has 104 valence electrons. The average Bonchev–Trinajstić information content (AvgIpc) is 2.35. The molecular formula is C13H24N2O2S. The molecule has 0 aromatic heterocycles. The van der Waals surface area contributed by atoms with Crippen LogP contribution < -0.4 is 5.32 Å². The normalized spacial score (nSPS) is 24.3. The van der Waals surface area contributed by atoms with Crippen molar-refractivity contribution < 1.29 is 9.59 Å². The summed E-state index contributed by atoms with van der Waals surface area (Å²) in [4.78, 5) is 25.7. The molecule has 1 saturated heterocycles. The average molecular weight is 272 g/mol. The highest BCUT2D eigenvalue weighted by Gasteiger charge is 2.36. The molecular weight excluding hydrogens is 248 g/mol. The zero-order valence-corrected chi connectivity index (χ0v) is 12.4. The van der Waals surface area contributed by atoms with E-state index in [0.29, 0.717) is 13.0 Å². The molecule has 1 aliphatic heterocycles. The van der Waals surface area contributed by atoms with Crippen LogP contribution in [0.5, 0.6) is 0 Å². The van der Waals surface area contributed by atoms with Crippen LogP contribution in [0.3, 0.4) is 0 Å². The van der Waals surface area contributed by atoms with Gasteiger partial charge in [-0.15, -0.1) is 0 Å². The molecule has 2 unspecified atom stereocenters. The van der Waals surface area contributed by atoms with Gasteiger partial charge < -0.3 is 10.2 Å². The molecule has 4 nitrogen and oxygen atoms in total. The summed E-state index contributed by atoms with van der Waals surface area (Å²) in [7, 11) is 0. The van der Waals surface area contributed by atoms with Crippen molar-refractivity contribution in [3.63, 3.8) is 0 Å². The number of rotatable bonds is 7. The maximum atomic E-state index is 12.1. The van der Waals surface area contributed by atoms with Crippen molar-refractivity contribution in [2.75, 3.05) is 18.6 Å². The number of hydrogen-bond acceptors (Lipinski definition) is 3. The minimum absolute atomic E-state index is 0.00582. The fourth-order valence-electron chi connectivity index (χ4n) is 2.29. The molecule has 18 heavy (non-hydrogen) atoms. The van der Waals surface area contributed by atoms with Crippen molar-refractivity contribution in [3.05, 3.63) is 0 Å². The molecule has 2 atom stereocenters. The molecule has 0 spiro atoms. The van der Waals surface area contributed by atoms with Gasteiger partial charge in [0.2, 0.25) is 11.8 Å². The van der Waals surface area contributed by atoms with E-state index in [1.165, 1.54) is 12.2 Å². The van der Waals surface area contributed by atoms with Gasteiger partial charge in [0.05, 0.1) is 0 Å². The Bertz CT molecular complexity index is 297. The highest BCUT2D eigenvalue weighted by molar-refractivity contribution is 7.98. The smallest absolute Gasteiger partial charge is 0.245 e. The van der Waals surface area contributed by atoms with Crippen LogP contribution in [0.4, 0.5) is 0 Å². The standard InChI is InChI=1S/C13H24N2O2S/c1-4-11-12(16)14-10(2)13(17)15(11)8-6-5-7-9-18-3/h10-11H,4-9H2,1-3H3,(H,14,16). The lowest BCUT2D eigenvalue weighted by atomic mass is 10.1. The molecule has 0 radical (unpaired) electrons. The lowest BCUT2D eigenvalue weighted by Crippen LogP contribution is -2.62. The first-order valence-corrected chi connectivity index (χ1v) is 8.11. The van der Waals surface area contributed by atoms with E-state index in [2.05, 4.69) is 11.6 Å². The van der Waals surface area contributed by atoms with E-state index in [0.717, 1.165) is 12.8 Å². The van der Waals surface area contributed by atoms with Crippen LogP contribution in [0.2, 0.25) is 0 Å². The minimum Gasteiger partial charge on any atom is -0.343 e. The summed E-state index contributed by atoms with van der Waals surface area (Å²) in [5.41, 5.74) is 0. The van der Waals surface area contributed by atoms with Crippen molar-refractivity contribution in [2.45, 2.75) is 51.6 Å². The Morgan fingerprint density at radius 3 is 2.61 bits per heavy atom. The Morgan fingerprint density at radius 1 is 1.28 bits per heavy atom. The van der Waals surface area contributed by atoms with Gasteiger partial charge in [0.15, 0.2) is 0 Å². The van der Waals surface area contributed by atoms with E-state index in [4.69, 9.17) is 0 Å². The van der Waals surface area contributed by atoms with E-state index in [9.17, 15) is 9.59 Å². The molecule has 0 aromatic carbocycles. The van der Waals surface area contributed by atoms with E-state index in [1.54, 1.807) is 11.8 Å². The Kier molecular flexibility index (Phi) is 6.54. The highest BCUT2D eigenvalue weighted by atomic mass is 32.2. The summed E-state index contributed by atoms with van der Waals surface area (Å²) in [5.74, 6) is 1.22. The van der Waals surface area contributed by atoms with Gasteiger partial charge in [0.25, 0.3) is 0 Å². The third-order valence-corrected chi connectivity index (χ3v) is 4.02. The molecule has 1 aliphatic rings. The summed E-state index contributed by atoms with van der Waals surface area (Å²) in [6.45, 7) is 4.42. The second-order valence-electron chi connectivity index (χ2n) is 4.74. The van der Waals surface area contributed by atoms with Crippen LogP contribution in [0.15, 0.2) is 0 Å². The van der Waals surface area contributed by atoms with Crippen molar-refractivity contribution in [1.82, 2.24) is 10.2 Å². The van der Waals surface area contributed by atoms with E-state index >= 15 is 0 Å². The largest absolute Gasteiger partial charge is 0.343 e. The second-order valence-corrected chi connectivity index (χ2v) is 5.73. The number of unbranched alkanes of at least 4 members (excludes halogenated alkanes) is 2. The molecule has 1 N–H and O–H groups in total. The van der Waals surface area contributed by atoms with Crippen molar-refractivity contribution in [2.24, 2.45) is 0 Å². The van der Waals surface area contributed by atoms with Crippen LogP contribution in [0, 0.1) is 0 Å². The van der Waals surface area contributed by atoms with Crippen LogP contribution in [0.1, 0.15) is 39.5 Å². The molecule has 1 fully saturated rings. The summed E-state index contributed by atoms with van der Waals surface area (Å²) in [5, 5.41) is 2.74. The highest BCUT2D eigenvalue weighted by Crippen LogP contribution is 2.14. The van der Waals surface area contributed by atoms with E-state index < -0.39 is 0 Å². The number of amides is 2. The monoisotopic (exact) mass is 272 g/mol. The van der Waals surface area contributed by atoms with Gasteiger partial charge in [0.1, 0.15) is 12.1 Å². The number of hydrogen-bond donors (Lipinski definition) is 1. The molecule has 0 aromatic rings. The maximum absolute atomic E-state index is 12.1. The third kappa shape index (κ3) is 3.90. The molecule has 0 saturated carbocycles. The number of piperazine rings is 1. The maximum Gasteiger partial charge on any atom is 0.245 e. The van der Waals surface area contributed by atoms with E-state index in [-0.39, 0.29) is 23.9 Å². The van der Waals surface area contributed by atoms with Crippen LogP contribution in [-0.4, -0.2) is 47.4 Å². The van der Waals surface area contributed by atoms with Crippen molar-refractivity contribution >= 4 is 23.6 Å². The first kappa shape index (κ1) is 15.3. The second kappa shape index (κ2) is 7.67. The lowest BCUT2D eigenvalue weighted by molar-refractivity contribution is -0.149. The molecule has 1 heterocycles. The summed E-state index contributed by atoms with van der Waals surface area (Å²) in [6, 6.07) is -0.638. The predicted octanol–water partition coefficient (Wildman–Crippen LogP) is 1.65. The molecule has 5 heteroatoms. The van der Waals surface area contributed by atoms with Gasteiger partial charge in [-0.1, -0.05) is 13.3 Å². The van der Waals surface area contributed by atoms with Crippen LogP contribution in [0.25, 0.3) is 0 Å². The quantitative estimate of drug-likeness (QED) is 0.717. The SMILES string of the molecule is CCC1C(=O)NC(C)C(=O)N1CCCCCSC. The van der Waals surface area contributed by atoms with Crippen molar-refractivity contribution in [1.29, 1.82) is 0 Å². The topological polar surface area (TPSA) is 49.4 Å². The van der Waals surface area contributed by atoms with Gasteiger partial charge in [-0.05, 0) is 38.2 Å². The molecule has 0 bridgehead atoms. The number of carbonyl (C=O) groups is 2. The fraction of sp³-hybridized carbons (Fsp3) is 0.846. The Hall–Kier alpha value is -0.710. The van der Waals surface area contributed by atoms with Crippen LogP contribution in [-0.2, 0) is 9.59 Å². The van der Waals surface area contributed by atoms with Crippen molar-refractivity contribution in [3.8, 4) is 0 Å². The van der Waals surface area contributed by atoms with Gasteiger partial charge in [-0.2, -0.15) is 11.8 Å². The Labute approximate surface area is 114 Å². The fourth-order valence-corrected chi connectivity index (χ4v) is 2.79. The number of nitrogens with zero attached hydrogens (tertiary/aromatic N) is 1. The molecule has 1 rings (SSSR count). The zero-order valence-electron chi connectivity index (χ0n) is 11.6. The zero-order chi connectivity index (χ0) is 13.5.